The molecular formula is C15H21N3O3. The molecule has 1 aromatic rings. The van der Waals surface area contributed by atoms with Crippen LogP contribution in [0.15, 0.2) is 18.2 Å². The second-order valence-corrected chi connectivity index (χ2v) is 5.66. The lowest BCUT2D eigenvalue weighted by Crippen LogP contribution is -2.50. The molecule has 0 aromatic carbocycles. The monoisotopic (exact) mass is 291 g/mol. The fourth-order valence-electron chi connectivity index (χ4n) is 3.11. The van der Waals surface area contributed by atoms with Crippen molar-refractivity contribution in [3.63, 3.8) is 0 Å². The number of nitrogens with two attached hydrogens (primary N) is 1. The predicted octanol–water partition coefficient (Wildman–Crippen LogP) is 1.79. The van der Waals surface area contributed by atoms with Gasteiger partial charge >= 0.3 is 5.97 Å². The molecule has 0 saturated heterocycles. The largest absolute Gasteiger partial charge is 0.481 e. The van der Waals surface area contributed by atoms with E-state index < -0.39 is 17.4 Å². The van der Waals surface area contributed by atoms with E-state index in [-0.39, 0.29) is 12.1 Å². The molecule has 6 nitrogen and oxygen atoms in total. The molecule has 0 bridgehead atoms. The van der Waals surface area contributed by atoms with Crippen LogP contribution in [0.4, 0.5) is 5.82 Å². The number of primary amides is 1. The lowest BCUT2D eigenvalue weighted by atomic mass is 9.78. The molecule has 0 aliphatic heterocycles. The molecule has 1 amide bonds. The average Bonchev–Trinajstić information content (AvgIpc) is 2.47. The van der Waals surface area contributed by atoms with Crippen LogP contribution in [0, 0.1) is 0 Å². The predicted molar refractivity (Wildman–Crippen MR) is 79.2 cm³/mol. The Bertz CT molecular complexity index is 539. The molecule has 0 radical (unpaired) electrons. The first kappa shape index (κ1) is 15.3. The first-order valence-corrected chi connectivity index (χ1v) is 7.17. The number of rotatable bonds is 5. The summed E-state index contributed by atoms with van der Waals surface area (Å²) in [6, 6.07) is 5.06. The quantitative estimate of drug-likeness (QED) is 0.862. The van der Waals surface area contributed by atoms with Crippen molar-refractivity contribution in [3.8, 4) is 0 Å². The van der Waals surface area contributed by atoms with E-state index in [4.69, 9.17) is 5.73 Å². The van der Waals surface area contributed by atoms with E-state index in [1.807, 2.05) is 11.9 Å². The van der Waals surface area contributed by atoms with Crippen LogP contribution >= 0.6 is 0 Å². The molecule has 114 valence electrons. The van der Waals surface area contributed by atoms with Crippen molar-refractivity contribution in [3.05, 3.63) is 23.9 Å². The number of aliphatic carboxylic acids is 1. The summed E-state index contributed by atoms with van der Waals surface area (Å²) in [5.41, 5.74) is 5.02. The number of carboxylic acid groups (broad SMARTS) is 1. The van der Waals surface area contributed by atoms with Crippen LogP contribution < -0.4 is 10.6 Å². The van der Waals surface area contributed by atoms with E-state index in [0.717, 1.165) is 32.1 Å². The fraction of sp³-hybridized carbons (Fsp3) is 0.533. The highest BCUT2D eigenvalue weighted by Crippen LogP contribution is 2.37. The molecule has 0 unspecified atom stereocenters. The summed E-state index contributed by atoms with van der Waals surface area (Å²) in [5, 5.41) is 9.25. The van der Waals surface area contributed by atoms with Gasteiger partial charge in [0.15, 0.2) is 0 Å². The lowest BCUT2D eigenvalue weighted by molar-refractivity contribution is -0.138. The van der Waals surface area contributed by atoms with Gasteiger partial charge in [0, 0.05) is 7.05 Å². The Balaban J connectivity index is 2.33. The maximum Gasteiger partial charge on any atom is 0.305 e. The van der Waals surface area contributed by atoms with E-state index in [0.29, 0.717) is 5.82 Å². The van der Waals surface area contributed by atoms with Gasteiger partial charge in [-0.05, 0) is 25.0 Å². The second-order valence-electron chi connectivity index (χ2n) is 5.66. The number of pyridine rings is 1. The number of carbonyl (C=O) groups is 2. The number of amides is 1. The minimum Gasteiger partial charge on any atom is -0.481 e. The van der Waals surface area contributed by atoms with E-state index in [1.165, 1.54) is 0 Å². The Kier molecular flexibility index (Phi) is 4.45. The van der Waals surface area contributed by atoms with Gasteiger partial charge in [0.25, 0.3) is 5.91 Å². The highest BCUT2D eigenvalue weighted by Gasteiger charge is 2.38. The van der Waals surface area contributed by atoms with Crippen molar-refractivity contribution >= 4 is 17.7 Å². The van der Waals surface area contributed by atoms with Crippen LogP contribution in [0.2, 0.25) is 0 Å². The summed E-state index contributed by atoms with van der Waals surface area (Å²) in [6.45, 7) is 0. The van der Waals surface area contributed by atoms with E-state index in [1.54, 1.807) is 18.2 Å². The van der Waals surface area contributed by atoms with Crippen molar-refractivity contribution in [1.82, 2.24) is 4.98 Å². The molecule has 1 aliphatic rings. The molecule has 1 heterocycles. The number of carbonyl (C=O) groups excluding carboxylic acids is 1. The van der Waals surface area contributed by atoms with Crippen LogP contribution in [-0.4, -0.2) is 34.6 Å². The Hall–Kier alpha value is -2.11. The summed E-state index contributed by atoms with van der Waals surface area (Å²) >= 11 is 0. The SMILES string of the molecule is CN(c1cccc(C(N)=O)n1)C1(CC(=O)O)CCCCC1. The molecule has 2 rings (SSSR count). The molecule has 1 fully saturated rings. The number of hydrogen-bond acceptors (Lipinski definition) is 4. The van der Waals surface area contributed by atoms with Crippen LogP contribution in [0.1, 0.15) is 49.0 Å². The van der Waals surface area contributed by atoms with Gasteiger partial charge < -0.3 is 15.7 Å². The Morgan fingerprint density at radius 3 is 2.57 bits per heavy atom. The van der Waals surface area contributed by atoms with Crippen molar-refractivity contribution < 1.29 is 14.7 Å². The number of hydrogen-bond donors (Lipinski definition) is 2. The lowest BCUT2D eigenvalue weighted by Gasteiger charge is -2.44. The van der Waals surface area contributed by atoms with Crippen LogP contribution in [0.25, 0.3) is 0 Å². The van der Waals surface area contributed by atoms with Crippen LogP contribution in [0.3, 0.4) is 0 Å². The van der Waals surface area contributed by atoms with Gasteiger partial charge in [0.1, 0.15) is 11.5 Å². The molecule has 0 atom stereocenters. The number of aromatic nitrogens is 1. The topological polar surface area (TPSA) is 96.5 Å². The molecular weight excluding hydrogens is 270 g/mol. The Morgan fingerprint density at radius 2 is 2.00 bits per heavy atom. The summed E-state index contributed by atoms with van der Waals surface area (Å²) < 4.78 is 0. The zero-order valence-electron chi connectivity index (χ0n) is 12.2. The maximum atomic E-state index is 11.3. The zero-order chi connectivity index (χ0) is 15.5. The first-order chi connectivity index (χ1) is 9.94. The number of carboxylic acids is 1. The van der Waals surface area contributed by atoms with Crippen LogP contribution in [-0.2, 0) is 4.79 Å². The van der Waals surface area contributed by atoms with Crippen LogP contribution in [0.5, 0.6) is 0 Å². The van der Waals surface area contributed by atoms with Crippen molar-refractivity contribution in [2.24, 2.45) is 5.73 Å². The molecule has 1 aliphatic carbocycles. The highest BCUT2D eigenvalue weighted by molar-refractivity contribution is 5.91. The van der Waals surface area contributed by atoms with Gasteiger partial charge in [0.2, 0.25) is 0 Å². The highest BCUT2D eigenvalue weighted by atomic mass is 16.4. The molecule has 1 saturated carbocycles. The molecule has 1 aromatic heterocycles. The fourth-order valence-corrected chi connectivity index (χ4v) is 3.11. The third-order valence-electron chi connectivity index (χ3n) is 4.31. The first-order valence-electron chi connectivity index (χ1n) is 7.17. The van der Waals surface area contributed by atoms with Crippen molar-refractivity contribution in [2.45, 2.75) is 44.1 Å². The van der Waals surface area contributed by atoms with E-state index in [9.17, 15) is 14.7 Å². The smallest absolute Gasteiger partial charge is 0.305 e. The van der Waals surface area contributed by atoms with Gasteiger partial charge in [-0.3, -0.25) is 9.59 Å². The second kappa shape index (κ2) is 6.11. The minimum atomic E-state index is -0.810. The third kappa shape index (κ3) is 3.32. The third-order valence-corrected chi connectivity index (χ3v) is 4.31. The van der Waals surface area contributed by atoms with Gasteiger partial charge in [0.05, 0.1) is 12.0 Å². The molecule has 21 heavy (non-hydrogen) atoms. The summed E-state index contributed by atoms with van der Waals surface area (Å²) in [4.78, 5) is 28.7. The van der Waals surface area contributed by atoms with E-state index in [2.05, 4.69) is 4.98 Å². The molecule has 6 heteroatoms. The van der Waals surface area contributed by atoms with Gasteiger partial charge in [-0.25, -0.2) is 4.98 Å². The maximum absolute atomic E-state index is 11.3. The van der Waals surface area contributed by atoms with Crippen molar-refractivity contribution in [1.29, 1.82) is 0 Å². The van der Waals surface area contributed by atoms with E-state index >= 15 is 0 Å². The minimum absolute atomic E-state index is 0.0754. The summed E-state index contributed by atoms with van der Waals surface area (Å²) in [7, 11) is 1.85. The Labute approximate surface area is 124 Å². The molecule has 0 spiro atoms. The number of nitrogens with zero attached hydrogens (tertiary/aromatic N) is 2. The van der Waals surface area contributed by atoms with Crippen molar-refractivity contribution in [2.75, 3.05) is 11.9 Å². The summed E-state index contributed by atoms with van der Waals surface area (Å²) in [5.74, 6) is -0.801. The van der Waals surface area contributed by atoms with Gasteiger partial charge in [-0.2, -0.15) is 0 Å². The normalized spacial score (nSPS) is 17.2. The molecule has 3 N–H and O–H groups in total. The van der Waals surface area contributed by atoms with Gasteiger partial charge in [-0.15, -0.1) is 0 Å². The zero-order valence-corrected chi connectivity index (χ0v) is 12.2. The van der Waals surface area contributed by atoms with Gasteiger partial charge in [-0.1, -0.05) is 25.3 Å². The average molecular weight is 291 g/mol. The standard InChI is InChI=1S/C15H21N3O3/c1-18(12-7-5-6-11(17-12)14(16)21)15(10-13(19)20)8-3-2-4-9-15/h5-7H,2-4,8-10H2,1H3,(H2,16,21)(H,19,20). The summed E-state index contributed by atoms with van der Waals surface area (Å²) in [6.07, 6.45) is 4.85. The number of anilines is 1. The Morgan fingerprint density at radius 1 is 1.33 bits per heavy atom.